The number of carboxylic acid groups (broad SMARTS) is 1. The van der Waals surface area contributed by atoms with Crippen molar-refractivity contribution in [2.24, 2.45) is 0 Å². The lowest BCUT2D eigenvalue weighted by Crippen LogP contribution is -2.47. The van der Waals surface area contributed by atoms with Crippen LogP contribution in [-0.2, 0) is 22.0 Å². The average molecular weight is 288 g/mol. The molecule has 0 radical (unpaired) electrons. The van der Waals surface area contributed by atoms with Gasteiger partial charge in [-0.2, -0.15) is 0 Å². The number of hydrogen-bond donors (Lipinski definition) is 4. The number of aromatic nitrogens is 2. The number of aromatic amines is 1. The number of carboxylic acids is 1. The van der Waals surface area contributed by atoms with Gasteiger partial charge in [-0.1, -0.05) is 0 Å². The molecular formula is C10H16N4O4S. The van der Waals surface area contributed by atoms with Crippen LogP contribution in [0.4, 0.5) is 4.79 Å². The molecule has 2 atom stereocenters. The highest BCUT2D eigenvalue weighted by atomic mass is 32.2. The molecule has 0 aromatic carbocycles. The Kier molecular flexibility index (Phi) is 6.00. The van der Waals surface area contributed by atoms with Gasteiger partial charge in [-0.25, -0.2) is 14.6 Å². The average Bonchev–Trinajstić information content (AvgIpc) is 2.80. The maximum Gasteiger partial charge on any atom is 0.326 e. The number of imidazole rings is 1. The summed E-state index contributed by atoms with van der Waals surface area (Å²) in [6, 6.07) is -1.65. The lowest BCUT2D eigenvalue weighted by molar-refractivity contribution is -0.139. The predicted molar refractivity (Wildman–Crippen MR) is 69.2 cm³/mol. The molecule has 1 aromatic rings. The summed E-state index contributed by atoms with van der Waals surface area (Å²) in [5.74, 6) is -0.810. The van der Waals surface area contributed by atoms with Crippen molar-refractivity contribution in [1.29, 1.82) is 0 Å². The minimum Gasteiger partial charge on any atom is -0.480 e. The van der Waals surface area contributed by atoms with Gasteiger partial charge in [-0.05, 0) is 0 Å². The molecule has 1 heterocycles. The van der Waals surface area contributed by atoms with Crippen molar-refractivity contribution in [3.63, 3.8) is 0 Å². The molecule has 0 saturated carbocycles. The quantitative estimate of drug-likeness (QED) is 0.516. The molecule has 106 valence electrons. The molecule has 0 bridgehead atoms. The second kappa shape index (κ2) is 7.52. The topological polar surface area (TPSA) is 124 Å². The van der Waals surface area contributed by atoms with E-state index in [9.17, 15) is 13.8 Å². The van der Waals surface area contributed by atoms with E-state index in [1.165, 1.54) is 18.8 Å². The zero-order valence-corrected chi connectivity index (χ0v) is 11.2. The largest absolute Gasteiger partial charge is 0.480 e. The summed E-state index contributed by atoms with van der Waals surface area (Å²) in [7, 11) is -1.00. The summed E-state index contributed by atoms with van der Waals surface area (Å²) in [5.41, 5.74) is 0.613. The second-order valence-corrected chi connectivity index (χ2v) is 5.40. The first-order valence-corrected chi connectivity index (χ1v) is 7.26. The maximum absolute atomic E-state index is 11.5. The number of aliphatic carboxylic acids is 1. The smallest absolute Gasteiger partial charge is 0.326 e. The number of rotatable bonds is 7. The summed E-state index contributed by atoms with van der Waals surface area (Å²) in [6.07, 6.45) is 4.57. The Bertz CT molecular complexity index is 448. The molecule has 0 saturated heterocycles. The van der Waals surface area contributed by atoms with Gasteiger partial charge < -0.3 is 20.7 Å². The lowest BCUT2D eigenvalue weighted by atomic mass is 10.2. The molecule has 0 aliphatic rings. The van der Waals surface area contributed by atoms with Gasteiger partial charge in [0.1, 0.15) is 6.04 Å². The fraction of sp³-hybridized carbons (Fsp3) is 0.500. The van der Waals surface area contributed by atoms with Crippen LogP contribution in [0.15, 0.2) is 12.5 Å². The highest BCUT2D eigenvalue weighted by Crippen LogP contribution is 1.98. The van der Waals surface area contributed by atoms with Crippen molar-refractivity contribution in [1.82, 2.24) is 20.6 Å². The number of H-pyrrole nitrogens is 1. The number of carbonyl (C=O) groups excluding carboxylic acids is 1. The van der Waals surface area contributed by atoms with E-state index < -0.39 is 28.8 Å². The summed E-state index contributed by atoms with van der Waals surface area (Å²) in [6.45, 7) is 0.228. The Balaban J connectivity index is 2.42. The van der Waals surface area contributed by atoms with E-state index in [2.05, 4.69) is 20.6 Å². The molecule has 4 N–H and O–H groups in total. The van der Waals surface area contributed by atoms with Gasteiger partial charge in [-0.3, -0.25) is 4.21 Å². The van der Waals surface area contributed by atoms with Crippen molar-refractivity contribution in [3.8, 4) is 0 Å². The van der Waals surface area contributed by atoms with Crippen LogP contribution in [0.25, 0.3) is 0 Å². The van der Waals surface area contributed by atoms with Crippen molar-refractivity contribution in [3.05, 3.63) is 18.2 Å². The Morgan fingerprint density at radius 1 is 1.58 bits per heavy atom. The fourth-order valence-electron chi connectivity index (χ4n) is 1.33. The second-order valence-electron chi connectivity index (χ2n) is 3.85. The normalized spacial score (nSPS) is 13.5. The van der Waals surface area contributed by atoms with Crippen LogP contribution < -0.4 is 10.6 Å². The molecular weight excluding hydrogens is 272 g/mol. The van der Waals surface area contributed by atoms with Crippen molar-refractivity contribution >= 4 is 22.8 Å². The van der Waals surface area contributed by atoms with Crippen LogP contribution in [0.3, 0.4) is 0 Å². The molecule has 0 spiro atoms. The molecule has 1 aromatic heterocycles. The van der Waals surface area contributed by atoms with E-state index in [0.717, 1.165) is 0 Å². The molecule has 0 fully saturated rings. The number of urea groups is 1. The number of nitrogens with one attached hydrogen (secondary N) is 3. The molecule has 0 aliphatic heterocycles. The van der Waals surface area contributed by atoms with E-state index in [0.29, 0.717) is 11.4 Å². The molecule has 1 rings (SSSR count). The van der Waals surface area contributed by atoms with Crippen LogP contribution in [0.2, 0.25) is 0 Å². The SMILES string of the molecule is CS(=O)CCNC(=O)NC(Cc1cnc[nH]1)C(=O)O. The van der Waals surface area contributed by atoms with Crippen molar-refractivity contribution in [2.45, 2.75) is 12.5 Å². The zero-order valence-electron chi connectivity index (χ0n) is 10.4. The molecule has 2 amide bonds. The minimum absolute atomic E-state index is 0.114. The number of nitrogens with zero attached hydrogens (tertiary/aromatic N) is 1. The number of carbonyl (C=O) groups is 2. The first-order chi connectivity index (χ1) is 8.99. The minimum atomic E-state index is -1.14. The third-order valence-corrected chi connectivity index (χ3v) is 3.04. The van der Waals surface area contributed by atoms with Crippen LogP contribution in [0, 0.1) is 0 Å². The van der Waals surface area contributed by atoms with Crippen LogP contribution >= 0.6 is 0 Å². The Labute approximate surface area is 112 Å². The monoisotopic (exact) mass is 288 g/mol. The number of hydrogen-bond acceptors (Lipinski definition) is 4. The van der Waals surface area contributed by atoms with Crippen LogP contribution in [-0.4, -0.2) is 55.9 Å². The number of amides is 2. The van der Waals surface area contributed by atoms with E-state index in [4.69, 9.17) is 5.11 Å². The zero-order chi connectivity index (χ0) is 14.3. The van der Waals surface area contributed by atoms with Gasteiger partial charge in [0.2, 0.25) is 0 Å². The summed E-state index contributed by atoms with van der Waals surface area (Å²) < 4.78 is 10.8. The van der Waals surface area contributed by atoms with Gasteiger partial charge >= 0.3 is 12.0 Å². The van der Waals surface area contributed by atoms with Gasteiger partial charge in [0.25, 0.3) is 0 Å². The van der Waals surface area contributed by atoms with Crippen LogP contribution in [0.5, 0.6) is 0 Å². The highest BCUT2D eigenvalue weighted by molar-refractivity contribution is 7.84. The summed E-state index contributed by atoms with van der Waals surface area (Å²) in [5, 5.41) is 13.8. The fourth-order valence-corrected chi connectivity index (χ4v) is 1.72. The molecule has 19 heavy (non-hydrogen) atoms. The maximum atomic E-state index is 11.5. The van der Waals surface area contributed by atoms with Crippen molar-refractivity contribution in [2.75, 3.05) is 18.6 Å². The van der Waals surface area contributed by atoms with E-state index in [1.54, 1.807) is 0 Å². The molecule has 2 unspecified atom stereocenters. The van der Waals surface area contributed by atoms with Gasteiger partial charge in [-0.15, -0.1) is 0 Å². The Morgan fingerprint density at radius 3 is 2.84 bits per heavy atom. The predicted octanol–water partition coefficient (Wildman–Crippen LogP) is -0.917. The standard InChI is InChI=1S/C10H16N4O4S/c1-19(18)3-2-12-10(17)14-8(9(15)16)4-7-5-11-6-13-7/h5-6,8H,2-4H2,1H3,(H,11,13)(H,15,16)(H2,12,14,17). The molecule has 9 heteroatoms. The first kappa shape index (κ1) is 15.2. The van der Waals surface area contributed by atoms with Crippen molar-refractivity contribution < 1.29 is 18.9 Å². The Hall–Kier alpha value is -1.90. The van der Waals surface area contributed by atoms with Gasteiger partial charge in [0.05, 0.1) is 6.33 Å². The Morgan fingerprint density at radius 2 is 2.32 bits per heavy atom. The lowest BCUT2D eigenvalue weighted by Gasteiger charge is -2.14. The van der Waals surface area contributed by atoms with E-state index in [1.807, 2.05) is 0 Å². The van der Waals surface area contributed by atoms with Gasteiger partial charge in [0.15, 0.2) is 0 Å². The molecule has 8 nitrogen and oxygen atoms in total. The van der Waals surface area contributed by atoms with Gasteiger partial charge in [0, 0.05) is 47.7 Å². The first-order valence-electron chi connectivity index (χ1n) is 5.53. The molecule has 0 aliphatic carbocycles. The summed E-state index contributed by atoms with van der Waals surface area (Å²) >= 11 is 0. The third-order valence-electron chi connectivity index (χ3n) is 2.26. The van der Waals surface area contributed by atoms with Crippen LogP contribution in [0.1, 0.15) is 5.69 Å². The van der Waals surface area contributed by atoms with E-state index in [-0.39, 0.29) is 13.0 Å². The highest BCUT2D eigenvalue weighted by Gasteiger charge is 2.20. The third kappa shape index (κ3) is 6.00. The van der Waals surface area contributed by atoms with E-state index >= 15 is 0 Å². The summed E-state index contributed by atoms with van der Waals surface area (Å²) in [4.78, 5) is 29.0.